The van der Waals surface area contributed by atoms with E-state index in [-0.39, 0.29) is 0 Å². The third-order valence-electron chi connectivity index (χ3n) is 3.43. The Balaban J connectivity index is 1.73. The maximum Gasteiger partial charge on any atom is 0.223 e. The van der Waals surface area contributed by atoms with E-state index in [1.165, 1.54) is 12.8 Å². The van der Waals surface area contributed by atoms with Crippen LogP contribution < -0.4 is 10.6 Å². The number of carbonyl (C=O) groups is 1. The van der Waals surface area contributed by atoms with Crippen molar-refractivity contribution in [3.63, 3.8) is 0 Å². The molecule has 0 heterocycles. The predicted octanol–water partition coefficient (Wildman–Crippen LogP) is 1.04. The van der Waals surface area contributed by atoms with Gasteiger partial charge >= 0.3 is 0 Å². The Morgan fingerprint density at radius 1 is 1.00 bits per heavy atom. The summed E-state index contributed by atoms with van der Waals surface area (Å²) in [7, 11) is 2.01. The summed E-state index contributed by atoms with van der Waals surface area (Å²) in [4.78, 5) is 11.7. The van der Waals surface area contributed by atoms with Crippen molar-refractivity contribution in [2.75, 3.05) is 7.05 Å². The normalized spacial score (nSPS) is 32.6. The fraction of sp³-hybridized carbons (Fsp3) is 0.909. The van der Waals surface area contributed by atoms with E-state index >= 15 is 0 Å². The first-order valence-corrected chi connectivity index (χ1v) is 5.77. The number of nitrogens with one attached hydrogen (secondary N) is 2. The van der Waals surface area contributed by atoms with Crippen LogP contribution in [0.4, 0.5) is 0 Å². The average Bonchev–Trinajstić information content (AvgIpc) is 3.02. The van der Waals surface area contributed by atoms with Gasteiger partial charge in [0.05, 0.1) is 0 Å². The minimum atomic E-state index is 0.292. The van der Waals surface area contributed by atoms with Crippen LogP contribution in [0.2, 0.25) is 0 Å². The molecular weight excluding hydrogens is 176 g/mol. The third-order valence-corrected chi connectivity index (χ3v) is 3.43. The summed E-state index contributed by atoms with van der Waals surface area (Å²) >= 11 is 0. The highest BCUT2D eigenvalue weighted by Gasteiger charge is 2.29. The van der Waals surface area contributed by atoms with Crippen molar-refractivity contribution in [3.05, 3.63) is 0 Å². The zero-order valence-corrected chi connectivity index (χ0v) is 8.88. The maximum absolute atomic E-state index is 11.7. The molecule has 0 aromatic heterocycles. The molecule has 1 amide bonds. The summed E-state index contributed by atoms with van der Waals surface area (Å²) in [5, 5.41) is 6.38. The SMILES string of the molecule is CNC1CCC(C(=O)NC2CC2)CC1. The first-order chi connectivity index (χ1) is 6.79. The summed E-state index contributed by atoms with van der Waals surface area (Å²) in [6.45, 7) is 0. The standard InChI is InChI=1S/C11H20N2O/c1-12-9-4-2-8(3-5-9)11(14)13-10-6-7-10/h8-10,12H,2-7H2,1H3,(H,13,14). The number of hydrogen-bond acceptors (Lipinski definition) is 2. The Morgan fingerprint density at radius 2 is 1.57 bits per heavy atom. The van der Waals surface area contributed by atoms with E-state index < -0.39 is 0 Å². The van der Waals surface area contributed by atoms with Crippen LogP contribution in [-0.4, -0.2) is 25.0 Å². The van der Waals surface area contributed by atoms with Gasteiger partial charge in [0.25, 0.3) is 0 Å². The van der Waals surface area contributed by atoms with Crippen LogP contribution in [-0.2, 0) is 4.79 Å². The van der Waals surface area contributed by atoms with Gasteiger partial charge in [-0.25, -0.2) is 0 Å². The Hall–Kier alpha value is -0.570. The van der Waals surface area contributed by atoms with E-state index in [1.807, 2.05) is 7.05 Å². The van der Waals surface area contributed by atoms with Crippen LogP contribution in [0.1, 0.15) is 38.5 Å². The highest BCUT2D eigenvalue weighted by atomic mass is 16.2. The lowest BCUT2D eigenvalue weighted by Crippen LogP contribution is -2.38. The van der Waals surface area contributed by atoms with Gasteiger partial charge in [0.15, 0.2) is 0 Å². The number of carbonyl (C=O) groups excluding carboxylic acids is 1. The molecule has 2 N–H and O–H groups in total. The molecule has 14 heavy (non-hydrogen) atoms. The smallest absolute Gasteiger partial charge is 0.223 e. The Morgan fingerprint density at radius 3 is 2.07 bits per heavy atom. The van der Waals surface area contributed by atoms with Gasteiger partial charge in [-0.2, -0.15) is 0 Å². The van der Waals surface area contributed by atoms with Crippen LogP contribution in [0, 0.1) is 5.92 Å². The molecular formula is C11H20N2O. The van der Waals surface area contributed by atoms with Gasteiger partial charge in [-0.15, -0.1) is 0 Å². The molecule has 80 valence electrons. The second kappa shape index (κ2) is 4.30. The second-order valence-corrected chi connectivity index (χ2v) is 4.62. The zero-order valence-electron chi connectivity index (χ0n) is 8.88. The molecule has 0 radical (unpaired) electrons. The average molecular weight is 196 g/mol. The zero-order chi connectivity index (χ0) is 9.97. The molecule has 0 bridgehead atoms. The molecule has 0 saturated heterocycles. The quantitative estimate of drug-likeness (QED) is 0.708. The summed E-state index contributed by atoms with van der Waals surface area (Å²) in [6, 6.07) is 1.16. The molecule has 0 spiro atoms. The highest BCUT2D eigenvalue weighted by Crippen LogP contribution is 2.26. The highest BCUT2D eigenvalue weighted by molar-refractivity contribution is 5.79. The van der Waals surface area contributed by atoms with Gasteiger partial charge in [-0.1, -0.05) is 0 Å². The third kappa shape index (κ3) is 2.47. The summed E-state index contributed by atoms with van der Waals surface area (Å²) in [6.07, 6.45) is 6.81. The molecule has 0 unspecified atom stereocenters. The Kier molecular flexibility index (Phi) is 3.06. The van der Waals surface area contributed by atoms with Crippen molar-refractivity contribution >= 4 is 5.91 Å². The van der Waals surface area contributed by atoms with Gasteiger partial charge in [0.2, 0.25) is 5.91 Å². The Bertz CT molecular complexity index is 205. The molecule has 3 heteroatoms. The van der Waals surface area contributed by atoms with Crippen molar-refractivity contribution in [1.29, 1.82) is 0 Å². The van der Waals surface area contributed by atoms with Gasteiger partial charge in [0, 0.05) is 18.0 Å². The molecule has 0 atom stereocenters. The minimum absolute atomic E-state index is 0.292. The van der Waals surface area contributed by atoms with E-state index in [4.69, 9.17) is 0 Å². The molecule has 2 rings (SSSR count). The fourth-order valence-corrected chi connectivity index (χ4v) is 2.19. The summed E-state index contributed by atoms with van der Waals surface area (Å²) < 4.78 is 0. The summed E-state index contributed by atoms with van der Waals surface area (Å²) in [5.41, 5.74) is 0. The Labute approximate surface area is 85.6 Å². The van der Waals surface area contributed by atoms with Crippen LogP contribution in [0.3, 0.4) is 0 Å². The first kappa shape index (κ1) is 9.97. The monoisotopic (exact) mass is 196 g/mol. The molecule has 0 aromatic carbocycles. The lowest BCUT2D eigenvalue weighted by atomic mass is 9.85. The predicted molar refractivity (Wildman–Crippen MR) is 56.0 cm³/mol. The van der Waals surface area contributed by atoms with Crippen molar-refractivity contribution in [2.24, 2.45) is 5.92 Å². The van der Waals surface area contributed by atoms with E-state index in [2.05, 4.69) is 10.6 Å². The van der Waals surface area contributed by atoms with E-state index in [0.717, 1.165) is 25.7 Å². The lowest BCUT2D eigenvalue weighted by molar-refractivity contribution is -0.126. The van der Waals surface area contributed by atoms with Crippen LogP contribution in [0.15, 0.2) is 0 Å². The maximum atomic E-state index is 11.7. The summed E-state index contributed by atoms with van der Waals surface area (Å²) in [5.74, 6) is 0.599. The van der Waals surface area contributed by atoms with Gasteiger partial charge in [-0.05, 0) is 45.6 Å². The van der Waals surface area contributed by atoms with E-state index in [1.54, 1.807) is 0 Å². The molecule has 2 fully saturated rings. The van der Waals surface area contributed by atoms with Gasteiger partial charge < -0.3 is 10.6 Å². The van der Waals surface area contributed by atoms with E-state index in [0.29, 0.717) is 23.9 Å². The van der Waals surface area contributed by atoms with Crippen molar-refractivity contribution < 1.29 is 4.79 Å². The molecule has 2 saturated carbocycles. The number of hydrogen-bond donors (Lipinski definition) is 2. The van der Waals surface area contributed by atoms with Gasteiger partial charge in [-0.3, -0.25) is 4.79 Å². The van der Waals surface area contributed by atoms with Crippen LogP contribution in [0.25, 0.3) is 0 Å². The molecule has 2 aliphatic rings. The fourth-order valence-electron chi connectivity index (χ4n) is 2.19. The van der Waals surface area contributed by atoms with Crippen LogP contribution >= 0.6 is 0 Å². The molecule has 3 nitrogen and oxygen atoms in total. The lowest BCUT2D eigenvalue weighted by Gasteiger charge is -2.27. The molecule has 0 aromatic rings. The van der Waals surface area contributed by atoms with Gasteiger partial charge in [0.1, 0.15) is 0 Å². The second-order valence-electron chi connectivity index (χ2n) is 4.62. The van der Waals surface area contributed by atoms with Crippen molar-refractivity contribution in [3.8, 4) is 0 Å². The minimum Gasteiger partial charge on any atom is -0.353 e. The molecule has 2 aliphatic carbocycles. The largest absolute Gasteiger partial charge is 0.353 e. The topological polar surface area (TPSA) is 41.1 Å². The van der Waals surface area contributed by atoms with Crippen molar-refractivity contribution in [2.45, 2.75) is 50.6 Å². The van der Waals surface area contributed by atoms with E-state index in [9.17, 15) is 4.79 Å². The molecule has 0 aliphatic heterocycles. The van der Waals surface area contributed by atoms with Crippen molar-refractivity contribution in [1.82, 2.24) is 10.6 Å². The first-order valence-electron chi connectivity index (χ1n) is 5.77. The van der Waals surface area contributed by atoms with Crippen LogP contribution in [0.5, 0.6) is 0 Å². The number of amides is 1. The number of rotatable bonds is 3.